The van der Waals surface area contributed by atoms with Crippen LogP contribution in [0.2, 0.25) is 5.02 Å². The second-order valence-corrected chi connectivity index (χ2v) is 7.41. The number of rotatable bonds is 5. The second kappa shape index (κ2) is 7.26. The molecule has 0 saturated carbocycles. The number of nitrogens with zero attached hydrogens (tertiary/aromatic N) is 2. The molecule has 1 amide bonds. The Kier molecular flexibility index (Phi) is 5.22. The van der Waals surface area contributed by atoms with Crippen molar-refractivity contribution in [2.45, 2.75) is 31.0 Å². The van der Waals surface area contributed by atoms with E-state index < -0.39 is 5.79 Å². The number of hydrogen-bond acceptors (Lipinski definition) is 4. The molecule has 136 valence electrons. The first-order chi connectivity index (χ1) is 12.3. The highest BCUT2D eigenvalue weighted by atomic mass is 35.5. The predicted molar refractivity (Wildman–Crippen MR) is 104 cm³/mol. The largest absolute Gasteiger partial charge is 0.326 e. The molecular formula is C18H18ClFN4OS. The Bertz CT molecular complexity index is 967. The smallest absolute Gasteiger partial charge is 0.228 e. The third-order valence-corrected chi connectivity index (χ3v) is 4.81. The molecule has 5 nitrogen and oxygen atoms in total. The van der Waals surface area contributed by atoms with Crippen LogP contribution in [0.3, 0.4) is 0 Å². The molecule has 8 heteroatoms. The van der Waals surface area contributed by atoms with Crippen LogP contribution in [0.4, 0.5) is 10.1 Å². The molecule has 0 bridgehead atoms. The first-order valence-corrected chi connectivity index (χ1v) is 9.16. The van der Waals surface area contributed by atoms with Crippen LogP contribution in [0.25, 0.3) is 10.9 Å². The number of aromatic nitrogens is 2. The number of carbonyl (C=O) groups excluding carboxylic acids is 1. The Hall–Kier alpha value is -2.09. The zero-order valence-electron chi connectivity index (χ0n) is 14.3. The lowest BCUT2D eigenvalue weighted by molar-refractivity contribution is -0.115. The molecule has 3 rings (SSSR count). The van der Waals surface area contributed by atoms with Crippen LogP contribution >= 0.6 is 23.5 Å². The summed E-state index contributed by atoms with van der Waals surface area (Å²) >= 11 is 7.12. The van der Waals surface area contributed by atoms with Gasteiger partial charge in [-0.05, 0) is 49.6 Å². The predicted octanol–water partition coefficient (Wildman–Crippen LogP) is 4.50. The van der Waals surface area contributed by atoms with Gasteiger partial charge in [0.2, 0.25) is 5.91 Å². The van der Waals surface area contributed by atoms with Crippen molar-refractivity contribution in [3.05, 3.63) is 53.2 Å². The van der Waals surface area contributed by atoms with Crippen LogP contribution in [0.5, 0.6) is 0 Å². The molecule has 0 radical (unpaired) electrons. The molecule has 0 atom stereocenters. The number of carbonyl (C=O) groups is 1. The molecule has 2 aromatic carbocycles. The lowest BCUT2D eigenvalue weighted by Crippen LogP contribution is -2.20. The number of nitrogens with one attached hydrogen (secondary N) is 1. The first kappa shape index (κ1) is 18.7. The number of fused-ring (bicyclic) bond motifs is 1. The summed E-state index contributed by atoms with van der Waals surface area (Å²) in [6.45, 7) is 2.83. The molecule has 1 aromatic heterocycles. The van der Waals surface area contributed by atoms with Crippen LogP contribution in [0.1, 0.15) is 19.4 Å². The van der Waals surface area contributed by atoms with Gasteiger partial charge in [0.1, 0.15) is 0 Å². The van der Waals surface area contributed by atoms with E-state index in [9.17, 15) is 9.18 Å². The molecule has 3 aromatic rings. The molecular weight excluding hydrogens is 375 g/mol. The average Bonchev–Trinajstić information content (AvgIpc) is 3.00. The van der Waals surface area contributed by atoms with Gasteiger partial charge in [0, 0.05) is 27.2 Å². The van der Waals surface area contributed by atoms with Crippen molar-refractivity contribution in [2.75, 3.05) is 5.32 Å². The van der Waals surface area contributed by atoms with Gasteiger partial charge in [-0.15, -0.1) is 0 Å². The number of benzene rings is 2. The van der Waals surface area contributed by atoms with Crippen LogP contribution in [-0.2, 0) is 17.0 Å². The lowest BCUT2D eigenvalue weighted by atomic mass is 10.1. The highest BCUT2D eigenvalue weighted by Crippen LogP contribution is 2.30. The Labute approximate surface area is 159 Å². The van der Waals surface area contributed by atoms with Crippen molar-refractivity contribution in [2.24, 2.45) is 5.14 Å². The van der Waals surface area contributed by atoms with E-state index in [-0.39, 0.29) is 12.3 Å². The van der Waals surface area contributed by atoms with Crippen molar-refractivity contribution in [1.29, 1.82) is 0 Å². The average molecular weight is 393 g/mol. The molecule has 0 aliphatic carbocycles. The van der Waals surface area contributed by atoms with Crippen LogP contribution in [-0.4, -0.2) is 15.7 Å². The zero-order chi connectivity index (χ0) is 18.9. The number of hydrogen-bond donors (Lipinski definition) is 2. The Balaban J connectivity index is 1.88. The Morgan fingerprint density at radius 3 is 2.77 bits per heavy atom. The number of anilines is 1. The lowest BCUT2D eigenvalue weighted by Gasteiger charge is -2.13. The van der Waals surface area contributed by atoms with E-state index >= 15 is 0 Å². The van der Waals surface area contributed by atoms with Crippen molar-refractivity contribution in [3.8, 4) is 0 Å². The number of halogens is 2. The van der Waals surface area contributed by atoms with Crippen LogP contribution in [0, 0.1) is 0 Å². The molecule has 0 aliphatic heterocycles. The summed E-state index contributed by atoms with van der Waals surface area (Å²) in [7, 11) is 0. The van der Waals surface area contributed by atoms with Gasteiger partial charge in [0.15, 0.2) is 5.79 Å². The molecule has 0 spiro atoms. The van der Waals surface area contributed by atoms with Gasteiger partial charge in [0.25, 0.3) is 0 Å². The molecule has 0 saturated heterocycles. The van der Waals surface area contributed by atoms with Crippen molar-refractivity contribution >= 4 is 46.0 Å². The molecule has 0 unspecified atom stereocenters. The Morgan fingerprint density at radius 1 is 1.38 bits per heavy atom. The van der Waals surface area contributed by atoms with Gasteiger partial charge < -0.3 is 5.32 Å². The van der Waals surface area contributed by atoms with Gasteiger partial charge in [-0.3, -0.25) is 9.93 Å². The third kappa shape index (κ3) is 4.00. The second-order valence-electron chi connectivity index (χ2n) is 6.32. The van der Waals surface area contributed by atoms with Crippen LogP contribution in [0.15, 0.2) is 47.5 Å². The summed E-state index contributed by atoms with van der Waals surface area (Å²) in [6.07, 6.45) is 1.76. The molecule has 3 N–H and O–H groups in total. The van der Waals surface area contributed by atoms with Gasteiger partial charge in [0.05, 0.1) is 11.9 Å². The zero-order valence-corrected chi connectivity index (χ0v) is 15.9. The van der Waals surface area contributed by atoms with Gasteiger partial charge in [-0.1, -0.05) is 29.8 Å². The number of nitrogens with two attached hydrogens (primary N) is 1. The minimum atomic E-state index is -1.64. The summed E-state index contributed by atoms with van der Waals surface area (Å²) in [4.78, 5) is 13.0. The normalized spacial score (nSPS) is 11.7. The summed E-state index contributed by atoms with van der Waals surface area (Å²) in [6, 6.07) is 10.6. The fraction of sp³-hybridized carbons (Fsp3) is 0.222. The minimum Gasteiger partial charge on any atom is -0.326 e. The maximum Gasteiger partial charge on any atom is 0.228 e. The van der Waals surface area contributed by atoms with E-state index in [1.165, 1.54) is 18.5 Å². The number of alkyl halides is 1. The van der Waals surface area contributed by atoms with E-state index in [0.717, 1.165) is 22.9 Å². The maximum absolute atomic E-state index is 14.2. The molecule has 0 aliphatic rings. The van der Waals surface area contributed by atoms with E-state index in [2.05, 4.69) is 10.4 Å². The van der Waals surface area contributed by atoms with E-state index in [1.54, 1.807) is 30.5 Å². The van der Waals surface area contributed by atoms with Crippen molar-refractivity contribution in [1.82, 2.24) is 9.78 Å². The van der Waals surface area contributed by atoms with Gasteiger partial charge >= 0.3 is 0 Å². The number of amides is 1. The molecule has 26 heavy (non-hydrogen) atoms. The topological polar surface area (TPSA) is 72.9 Å². The van der Waals surface area contributed by atoms with E-state index in [0.29, 0.717) is 21.1 Å². The molecule has 0 fully saturated rings. The van der Waals surface area contributed by atoms with Crippen molar-refractivity contribution < 1.29 is 9.18 Å². The van der Waals surface area contributed by atoms with E-state index in [1.807, 2.05) is 12.1 Å². The standard InChI is InChI=1S/C18H18ClFN4OS/c1-18(2,20)24-10-13-15(23-24)8-12(9-16(13)26-21)22-17(25)7-11-5-3-4-6-14(11)19/h3-6,8-10H,7,21H2,1-2H3,(H,22,25). The summed E-state index contributed by atoms with van der Waals surface area (Å²) < 4.78 is 15.4. The van der Waals surface area contributed by atoms with E-state index in [4.69, 9.17) is 16.7 Å². The summed E-state index contributed by atoms with van der Waals surface area (Å²) in [5, 5.41) is 14.1. The summed E-state index contributed by atoms with van der Waals surface area (Å²) in [5.41, 5.74) is 1.84. The highest BCUT2D eigenvalue weighted by molar-refractivity contribution is 7.97. The highest BCUT2D eigenvalue weighted by Gasteiger charge is 2.21. The minimum absolute atomic E-state index is 0.148. The van der Waals surface area contributed by atoms with Gasteiger partial charge in [-0.25, -0.2) is 9.07 Å². The first-order valence-electron chi connectivity index (χ1n) is 7.91. The third-order valence-electron chi connectivity index (χ3n) is 3.85. The molecule has 1 heterocycles. The fourth-order valence-electron chi connectivity index (χ4n) is 2.55. The quantitative estimate of drug-likeness (QED) is 0.627. The Morgan fingerprint density at radius 2 is 2.12 bits per heavy atom. The summed E-state index contributed by atoms with van der Waals surface area (Å²) in [5.74, 6) is -1.85. The van der Waals surface area contributed by atoms with Crippen molar-refractivity contribution in [3.63, 3.8) is 0 Å². The SMILES string of the molecule is CC(C)(F)n1cc2c(SN)cc(NC(=O)Cc3ccccc3Cl)cc2n1. The van der Waals surface area contributed by atoms with Crippen LogP contribution < -0.4 is 10.5 Å². The van der Waals surface area contributed by atoms with Gasteiger partial charge in [-0.2, -0.15) is 5.10 Å². The monoisotopic (exact) mass is 392 g/mol. The fourth-order valence-corrected chi connectivity index (χ4v) is 3.24. The maximum atomic E-state index is 14.2.